The monoisotopic (exact) mass is 207 g/mol. The zero-order valence-corrected chi connectivity index (χ0v) is 8.59. The van der Waals surface area contributed by atoms with Crippen molar-refractivity contribution in [3.8, 4) is 11.3 Å². The summed E-state index contributed by atoms with van der Waals surface area (Å²) in [7, 11) is 0. The second-order valence-corrected chi connectivity index (χ2v) is 3.54. The predicted molar refractivity (Wildman–Crippen MR) is 65.0 cm³/mol. The number of rotatable bonds is 1. The van der Waals surface area contributed by atoms with E-state index in [1.54, 1.807) is 0 Å². The van der Waals surface area contributed by atoms with Crippen LogP contribution >= 0.6 is 0 Å². The van der Waals surface area contributed by atoms with E-state index in [9.17, 15) is 0 Å². The van der Waals surface area contributed by atoms with E-state index < -0.39 is 0 Å². The number of hydrogen-bond donors (Lipinski definition) is 0. The van der Waals surface area contributed by atoms with Gasteiger partial charge in [0.15, 0.2) is 0 Å². The second-order valence-electron chi connectivity index (χ2n) is 3.54. The van der Waals surface area contributed by atoms with Crippen molar-refractivity contribution in [2.75, 3.05) is 0 Å². The zero-order valence-electron chi connectivity index (χ0n) is 9.59. The normalized spacial score (nSPS) is 11.4. The largest absolute Gasteiger partial charge is 0.252 e. The minimum absolute atomic E-state index is 0.218. The number of benzene rings is 2. The van der Waals surface area contributed by atoms with Crippen molar-refractivity contribution in [3.63, 3.8) is 0 Å². The molecule has 1 aromatic heterocycles. The molecule has 0 amide bonds. The number of fused-ring (bicyclic) bond motifs is 1. The van der Waals surface area contributed by atoms with Crippen LogP contribution in [0.15, 0.2) is 60.8 Å². The van der Waals surface area contributed by atoms with Gasteiger partial charge in [-0.3, -0.25) is 4.98 Å². The highest BCUT2D eigenvalue weighted by Crippen LogP contribution is 2.18. The minimum Gasteiger partial charge on any atom is -0.252 e. The summed E-state index contributed by atoms with van der Waals surface area (Å²) in [5, 5.41) is 0. The lowest BCUT2D eigenvalue weighted by Crippen LogP contribution is -1.87. The maximum absolute atomic E-state index is 7.92. The lowest BCUT2D eigenvalue weighted by Gasteiger charge is -2.01. The molecule has 0 atom stereocenters. The Morgan fingerprint density at radius 3 is 2.31 bits per heavy atom. The molecule has 0 fully saturated rings. The van der Waals surface area contributed by atoms with Gasteiger partial charge in [0.2, 0.25) is 0 Å². The molecule has 0 aliphatic rings. The summed E-state index contributed by atoms with van der Waals surface area (Å²) >= 11 is 0. The average Bonchev–Trinajstić information content (AvgIpc) is 2.39. The van der Waals surface area contributed by atoms with Crippen molar-refractivity contribution in [2.24, 2.45) is 0 Å². The molecule has 16 heavy (non-hydrogen) atoms. The van der Waals surface area contributed by atoms with Gasteiger partial charge in [-0.15, -0.1) is 0 Å². The Bertz CT molecular complexity index is 665. The standard InChI is InChI=1S/C14H10N2/c1-2-6-11(7-3-1)14-10-15-12-8-4-5-9-13(12)16-14/h1-10H/i10D. The molecule has 0 aliphatic heterocycles. The van der Waals surface area contributed by atoms with Crippen molar-refractivity contribution in [1.82, 2.24) is 9.97 Å². The van der Waals surface area contributed by atoms with Crippen LogP contribution in [0.25, 0.3) is 22.3 Å². The van der Waals surface area contributed by atoms with Gasteiger partial charge in [-0.1, -0.05) is 42.5 Å². The Kier molecular flexibility index (Phi) is 1.87. The summed E-state index contributed by atoms with van der Waals surface area (Å²) in [6.07, 6.45) is 0.218. The maximum Gasteiger partial charge on any atom is 0.0894 e. The first-order valence-corrected chi connectivity index (χ1v) is 5.13. The van der Waals surface area contributed by atoms with Crippen LogP contribution in [0.3, 0.4) is 0 Å². The highest BCUT2D eigenvalue weighted by atomic mass is 14.8. The molecule has 76 valence electrons. The smallest absolute Gasteiger partial charge is 0.0894 e. The molecule has 3 aromatic rings. The second kappa shape index (κ2) is 3.74. The first-order valence-electron chi connectivity index (χ1n) is 5.63. The van der Waals surface area contributed by atoms with Crippen LogP contribution < -0.4 is 0 Å². The molecule has 0 spiro atoms. The van der Waals surface area contributed by atoms with Crippen LogP contribution in [0, 0.1) is 0 Å². The highest BCUT2D eigenvalue weighted by Gasteiger charge is 2.00. The molecular formula is C14H10N2. The molecule has 0 bridgehead atoms. The summed E-state index contributed by atoms with van der Waals surface area (Å²) in [5.41, 5.74) is 3.14. The summed E-state index contributed by atoms with van der Waals surface area (Å²) in [6, 6.07) is 17.3. The van der Waals surface area contributed by atoms with Gasteiger partial charge in [-0.2, -0.15) is 0 Å². The van der Waals surface area contributed by atoms with Gasteiger partial charge in [0.1, 0.15) is 0 Å². The van der Waals surface area contributed by atoms with Crippen molar-refractivity contribution < 1.29 is 1.37 Å². The van der Waals surface area contributed by atoms with E-state index in [1.165, 1.54) is 0 Å². The summed E-state index contributed by atoms with van der Waals surface area (Å²) < 4.78 is 7.92. The Morgan fingerprint density at radius 2 is 1.50 bits per heavy atom. The third-order valence-electron chi connectivity index (χ3n) is 2.44. The molecule has 0 N–H and O–H groups in total. The lowest BCUT2D eigenvalue weighted by atomic mass is 10.1. The number of para-hydroxylation sites is 2. The number of hydrogen-bond acceptors (Lipinski definition) is 2. The molecule has 0 aliphatic carbocycles. The molecule has 0 radical (unpaired) electrons. The molecule has 2 aromatic carbocycles. The van der Waals surface area contributed by atoms with Crippen molar-refractivity contribution in [2.45, 2.75) is 0 Å². The predicted octanol–water partition coefficient (Wildman–Crippen LogP) is 3.30. The Hall–Kier alpha value is -2.22. The number of nitrogens with zero attached hydrogens (tertiary/aromatic N) is 2. The maximum atomic E-state index is 7.92. The molecule has 0 saturated heterocycles. The molecule has 2 nitrogen and oxygen atoms in total. The van der Waals surface area contributed by atoms with Crippen LogP contribution in [-0.4, -0.2) is 9.97 Å². The van der Waals surface area contributed by atoms with Gasteiger partial charge in [-0.25, -0.2) is 4.98 Å². The van der Waals surface area contributed by atoms with E-state index >= 15 is 0 Å². The minimum atomic E-state index is 0.218. The third kappa shape index (κ3) is 1.54. The third-order valence-corrected chi connectivity index (χ3v) is 2.44. The van der Waals surface area contributed by atoms with Gasteiger partial charge in [-0.05, 0) is 12.1 Å². The van der Waals surface area contributed by atoms with Crippen LogP contribution in [0.5, 0.6) is 0 Å². The molecular weight excluding hydrogens is 196 g/mol. The topological polar surface area (TPSA) is 25.8 Å². The molecule has 0 unspecified atom stereocenters. The van der Waals surface area contributed by atoms with E-state index in [-0.39, 0.29) is 6.17 Å². The fourth-order valence-corrected chi connectivity index (χ4v) is 1.64. The lowest BCUT2D eigenvalue weighted by molar-refractivity contribution is 1.29. The molecule has 1 heterocycles. The fourth-order valence-electron chi connectivity index (χ4n) is 1.64. The van der Waals surface area contributed by atoms with Crippen LogP contribution in [0.2, 0.25) is 0 Å². The Morgan fingerprint density at radius 1 is 0.812 bits per heavy atom. The first-order chi connectivity index (χ1) is 8.34. The van der Waals surface area contributed by atoms with Gasteiger partial charge in [0.25, 0.3) is 0 Å². The van der Waals surface area contributed by atoms with Crippen LogP contribution in [0.4, 0.5) is 0 Å². The van der Waals surface area contributed by atoms with E-state index in [4.69, 9.17) is 1.37 Å². The van der Waals surface area contributed by atoms with Crippen LogP contribution in [0.1, 0.15) is 1.37 Å². The van der Waals surface area contributed by atoms with Gasteiger partial charge in [0.05, 0.1) is 24.3 Å². The van der Waals surface area contributed by atoms with Crippen molar-refractivity contribution >= 4 is 11.0 Å². The summed E-state index contributed by atoms with van der Waals surface area (Å²) in [4.78, 5) is 8.75. The highest BCUT2D eigenvalue weighted by molar-refractivity contribution is 5.76. The Balaban J connectivity index is 2.27. The van der Waals surface area contributed by atoms with Crippen LogP contribution in [-0.2, 0) is 0 Å². The molecule has 2 heteroatoms. The molecule has 3 rings (SSSR count). The van der Waals surface area contributed by atoms with E-state index in [0.717, 1.165) is 16.6 Å². The van der Waals surface area contributed by atoms with Gasteiger partial charge < -0.3 is 0 Å². The Labute approximate surface area is 95.0 Å². The van der Waals surface area contributed by atoms with Crippen molar-refractivity contribution in [1.29, 1.82) is 0 Å². The summed E-state index contributed by atoms with van der Waals surface area (Å²) in [6.45, 7) is 0. The first kappa shape index (κ1) is 7.99. The fraction of sp³-hybridized carbons (Fsp3) is 0. The van der Waals surface area contributed by atoms with Crippen molar-refractivity contribution in [3.05, 3.63) is 60.8 Å². The number of aromatic nitrogens is 2. The van der Waals surface area contributed by atoms with Gasteiger partial charge in [0, 0.05) is 5.56 Å². The van der Waals surface area contributed by atoms with E-state index in [1.807, 2.05) is 54.6 Å². The molecule has 0 saturated carbocycles. The van der Waals surface area contributed by atoms with E-state index in [0.29, 0.717) is 5.69 Å². The average molecular weight is 207 g/mol. The van der Waals surface area contributed by atoms with E-state index in [2.05, 4.69) is 9.97 Å². The quantitative estimate of drug-likeness (QED) is 0.612. The summed E-state index contributed by atoms with van der Waals surface area (Å²) in [5.74, 6) is 0. The zero-order chi connectivity index (χ0) is 11.7. The van der Waals surface area contributed by atoms with Gasteiger partial charge >= 0.3 is 0 Å². The SMILES string of the molecule is [2H]c1nc2ccccc2nc1-c1ccccc1.